The molecule has 0 unspecified atom stereocenters. The Balaban J connectivity index is 1.73. The van der Waals surface area contributed by atoms with E-state index in [1.54, 1.807) is 50.5 Å². The molecule has 0 fully saturated rings. The number of rotatable bonds is 8. The van der Waals surface area contributed by atoms with Crippen LogP contribution in [-0.4, -0.2) is 39.9 Å². The van der Waals surface area contributed by atoms with E-state index in [9.17, 15) is 13.2 Å². The smallest absolute Gasteiger partial charge is 0.262 e. The lowest BCUT2D eigenvalue weighted by atomic mass is 10.3. The summed E-state index contributed by atoms with van der Waals surface area (Å²) in [5.41, 5.74) is 0.318. The van der Waals surface area contributed by atoms with Gasteiger partial charge in [-0.1, -0.05) is 30.3 Å². The highest BCUT2D eigenvalue weighted by Gasteiger charge is 2.17. The van der Waals surface area contributed by atoms with Crippen molar-refractivity contribution in [2.75, 3.05) is 25.4 Å². The van der Waals surface area contributed by atoms with Crippen LogP contribution in [0.25, 0.3) is 0 Å². The topological polar surface area (TPSA) is 84.9 Å². The van der Waals surface area contributed by atoms with Crippen LogP contribution in [0.2, 0.25) is 0 Å². The molecule has 156 valence electrons. The maximum absolute atomic E-state index is 12.8. The number of carbonyl (C=O) groups is 1. The van der Waals surface area contributed by atoms with Gasteiger partial charge >= 0.3 is 0 Å². The fourth-order valence-corrected chi connectivity index (χ4v) is 3.52. The highest BCUT2D eigenvalue weighted by atomic mass is 32.2. The minimum Gasteiger partial charge on any atom is -0.484 e. The zero-order chi connectivity index (χ0) is 21.6. The number of sulfonamides is 1. The molecule has 0 spiro atoms. The molecule has 0 aliphatic heterocycles. The Labute approximate surface area is 175 Å². The summed E-state index contributed by atoms with van der Waals surface area (Å²) >= 11 is 0. The molecule has 8 heteroatoms. The van der Waals surface area contributed by atoms with Crippen molar-refractivity contribution in [1.29, 1.82) is 0 Å². The molecule has 0 radical (unpaired) electrons. The minimum atomic E-state index is -3.85. The van der Waals surface area contributed by atoms with Gasteiger partial charge in [0.25, 0.3) is 15.9 Å². The first-order valence-electron chi connectivity index (χ1n) is 9.13. The lowest BCUT2D eigenvalue weighted by Crippen LogP contribution is -2.27. The molecule has 0 aliphatic rings. The number of amides is 1. The van der Waals surface area contributed by atoms with E-state index < -0.39 is 10.0 Å². The molecule has 0 aliphatic carbocycles. The first-order valence-corrected chi connectivity index (χ1v) is 10.6. The Morgan fingerprint density at radius 1 is 0.867 bits per heavy atom. The second-order valence-electron chi connectivity index (χ2n) is 6.57. The Hall–Kier alpha value is -3.52. The van der Waals surface area contributed by atoms with Crippen LogP contribution in [0.15, 0.2) is 83.8 Å². The number of para-hydroxylation sites is 3. The normalized spacial score (nSPS) is 10.9. The summed E-state index contributed by atoms with van der Waals surface area (Å²) in [7, 11) is -0.588. The van der Waals surface area contributed by atoms with Crippen molar-refractivity contribution >= 4 is 21.6 Å². The Morgan fingerprint density at radius 3 is 2.17 bits per heavy atom. The molecule has 3 aromatic rings. The second-order valence-corrected chi connectivity index (χ2v) is 8.25. The predicted molar refractivity (Wildman–Crippen MR) is 114 cm³/mol. The van der Waals surface area contributed by atoms with Gasteiger partial charge in [0.15, 0.2) is 12.4 Å². The van der Waals surface area contributed by atoms with Crippen molar-refractivity contribution < 1.29 is 22.7 Å². The van der Waals surface area contributed by atoms with Crippen molar-refractivity contribution in [2.24, 2.45) is 0 Å². The number of anilines is 1. The minimum absolute atomic E-state index is 0.0586. The van der Waals surface area contributed by atoms with Gasteiger partial charge in [0, 0.05) is 14.1 Å². The average Bonchev–Trinajstić information content (AvgIpc) is 2.74. The standard InChI is InChI=1S/C22H22N2O5S/c1-24(2)22(25)16-28-17-12-14-19(15-13-17)30(26,27)23-20-10-6-7-11-21(20)29-18-8-4-3-5-9-18/h3-15,23H,16H2,1-2H3. The van der Waals surface area contributed by atoms with E-state index in [2.05, 4.69) is 4.72 Å². The molecule has 30 heavy (non-hydrogen) atoms. The summed E-state index contributed by atoms with van der Waals surface area (Å²) in [6.45, 7) is -0.123. The summed E-state index contributed by atoms with van der Waals surface area (Å²) in [6.07, 6.45) is 0. The Kier molecular flexibility index (Phi) is 6.58. The van der Waals surface area contributed by atoms with Gasteiger partial charge in [-0.05, 0) is 48.5 Å². The number of benzene rings is 3. The van der Waals surface area contributed by atoms with Gasteiger partial charge in [0.1, 0.15) is 11.5 Å². The number of nitrogens with one attached hydrogen (secondary N) is 1. The summed E-state index contributed by atoms with van der Waals surface area (Å²) in [5.74, 6) is 1.19. The first-order chi connectivity index (χ1) is 14.3. The van der Waals surface area contributed by atoms with Crippen LogP contribution in [0.5, 0.6) is 17.2 Å². The maximum Gasteiger partial charge on any atom is 0.262 e. The predicted octanol–water partition coefficient (Wildman–Crippen LogP) is 3.75. The first kappa shape index (κ1) is 21.2. The van der Waals surface area contributed by atoms with Gasteiger partial charge in [0.2, 0.25) is 0 Å². The summed E-state index contributed by atoms with van der Waals surface area (Å²) in [5, 5.41) is 0. The van der Waals surface area contributed by atoms with Crippen LogP contribution < -0.4 is 14.2 Å². The van der Waals surface area contributed by atoms with Crippen LogP contribution in [0.1, 0.15) is 0 Å². The lowest BCUT2D eigenvalue weighted by Gasteiger charge is -2.14. The highest BCUT2D eigenvalue weighted by molar-refractivity contribution is 7.92. The quantitative estimate of drug-likeness (QED) is 0.593. The molecular weight excluding hydrogens is 404 g/mol. The molecule has 3 rings (SSSR count). The number of ether oxygens (including phenoxy) is 2. The van der Waals surface area contributed by atoms with Crippen LogP contribution in [-0.2, 0) is 14.8 Å². The van der Waals surface area contributed by atoms with Gasteiger partial charge in [-0.25, -0.2) is 8.42 Å². The molecule has 1 amide bonds. The third-order valence-electron chi connectivity index (χ3n) is 4.10. The maximum atomic E-state index is 12.8. The van der Waals surface area contributed by atoms with Crippen molar-refractivity contribution in [2.45, 2.75) is 4.90 Å². The highest BCUT2D eigenvalue weighted by Crippen LogP contribution is 2.31. The number of carbonyl (C=O) groups excluding carboxylic acids is 1. The third kappa shape index (κ3) is 5.51. The SMILES string of the molecule is CN(C)C(=O)COc1ccc(S(=O)(=O)Nc2ccccc2Oc2ccccc2)cc1. The molecular formula is C22H22N2O5S. The zero-order valence-corrected chi connectivity index (χ0v) is 17.4. The zero-order valence-electron chi connectivity index (χ0n) is 16.6. The van der Waals surface area contributed by atoms with E-state index >= 15 is 0 Å². The van der Waals surface area contributed by atoms with E-state index in [4.69, 9.17) is 9.47 Å². The largest absolute Gasteiger partial charge is 0.484 e. The summed E-state index contributed by atoms with van der Waals surface area (Å²) in [4.78, 5) is 13.1. The van der Waals surface area contributed by atoms with Gasteiger partial charge in [-0.15, -0.1) is 0 Å². The lowest BCUT2D eigenvalue weighted by molar-refractivity contribution is -0.130. The monoisotopic (exact) mass is 426 g/mol. The van der Waals surface area contributed by atoms with Crippen molar-refractivity contribution in [1.82, 2.24) is 4.90 Å². The molecule has 0 saturated heterocycles. The van der Waals surface area contributed by atoms with Crippen molar-refractivity contribution in [3.05, 3.63) is 78.9 Å². The molecule has 1 N–H and O–H groups in total. The molecule has 0 atom stereocenters. The Bertz CT molecular complexity index is 1100. The van der Waals surface area contributed by atoms with Crippen molar-refractivity contribution in [3.8, 4) is 17.2 Å². The fourth-order valence-electron chi connectivity index (χ4n) is 2.45. The molecule has 3 aromatic carbocycles. The molecule has 0 saturated carbocycles. The van der Waals surface area contributed by atoms with E-state index in [1.807, 2.05) is 18.2 Å². The van der Waals surface area contributed by atoms with E-state index in [1.165, 1.54) is 29.2 Å². The van der Waals surface area contributed by atoms with Gasteiger partial charge in [-0.2, -0.15) is 0 Å². The third-order valence-corrected chi connectivity index (χ3v) is 5.48. The van der Waals surface area contributed by atoms with Crippen LogP contribution in [0.3, 0.4) is 0 Å². The fraction of sp³-hybridized carbons (Fsp3) is 0.136. The number of hydrogen-bond donors (Lipinski definition) is 1. The van der Waals surface area contributed by atoms with Gasteiger partial charge in [-0.3, -0.25) is 9.52 Å². The summed E-state index contributed by atoms with van der Waals surface area (Å²) in [6, 6.07) is 21.7. The van der Waals surface area contributed by atoms with Crippen LogP contribution in [0, 0.1) is 0 Å². The van der Waals surface area contributed by atoms with Crippen LogP contribution in [0.4, 0.5) is 5.69 Å². The van der Waals surface area contributed by atoms with E-state index in [0.717, 1.165) is 0 Å². The van der Waals surface area contributed by atoms with Gasteiger partial charge < -0.3 is 14.4 Å². The van der Waals surface area contributed by atoms with Crippen molar-refractivity contribution in [3.63, 3.8) is 0 Å². The molecule has 0 bridgehead atoms. The number of likely N-dealkylation sites (N-methyl/N-ethyl adjacent to an activating group) is 1. The molecule has 0 aromatic heterocycles. The molecule has 0 heterocycles. The second kappa shape index (κ2) is 9.32. The average molecular weight is 426 g/mol. The van der Waals surface area contributed by atoms with Crippen LogP contribution >= 0.6 is 0 Å². The van der Waals surface area contributed by atoms with Gasteiger partial charge in [0.05, 0.1) is 10.6 Å². The molecule has 7 nitrogen and oxygen atoms in total. The van der Waals surface area contributed by atoms with E-state index in [0.29, 0.717) is 22.9 Å². The number of hydrogen-bond acceptors (Lipinski definition) is 5. The summed E-state index contributed by atoms with van der Waals surface area (Å²) < 4.78 is 39.3. The van der Waals surface area contributed by atoms with E-state index in [-0.39, 0.29) is 17.4 Å². The Morgan fingerprint density at radius 2 is 1.50 bits per heavy atom. The number of nitrogens with zero attached hydrogens (tertiary/aromatic N) is 1.